The molecule has 2 fully saturated rings. The second-order valence-corrected chi connectivity index (χ2v) is 5.70. The van der Waals surface area contributed by atoms with Gasteiger partial charge in [0.1, 0.15) is 0 Å². The summed E-state index contributed by atoms with van der Waals surface area (Å²) in [4.78, 5) is 0. The van der Waals surface area contributed by atoms with Gasteiger partial charge in [0.25, 0.3) is 0 Å². The average molecular weight is 210 g/mol. The van der Waals surface area contributed by atoms with Crippen LogP contribution in [0.1, 0.15) is 46.0 Å². The van der Waals surface area contributed by atoms with E-state index in [9.17, 15) is 5.11 Å². The fraction of sp³-hybridized carbons (Fsp3) is 0.923. The molecule has 1 aliphatic heterocycles. The molecule has 2 rings (SSSR count). The van der Waals surface area contributed by atoms with E-state index in [-0.39, 0.29) is 6.10 Å². The SMILES string of the molecule is CC(C)CC1CCC(=[N+]2CC(O)C2)CC1. The van der Waals surface area contributed by atoms with Crippen molar-refractivity contribution in [3.63, 3.8) is 0 Å². The Kier molecular flexibility index (Phi) is 3.45. The third-order valence-electron chi connectivity index (χ3n) is 3.80. The second kappa shape index (κ2) is 4.65. The van der Waals surface area contributed by atoms with Gasteiger partial charge in [-0.15, -0.1) is 0 Å². The average Bonchev–Trinajstić information content (AvgIpc) is 2.14. The zero-order valence-corrected chi connectivity index (χ0v) is 10.1. The summed E-state index contributed by atoms with van der Waals surface area (Å²) in [7, 11) is 0. The van der Waals surface area contributed by atoms with Crippen LogP contribution in [0.4, 0.5) is 0 Å². The molecule has 0 aromatic rings. The predicted octanol–water partition coefficient (Wildman–Crippen LogP) is 2.05. The maximum atomic E-state index is 9.26. The van der Waals surface area contributed by atoms with Crippen molar-refractivity contribution in [1.82, 2.24) is 0 Å². The van der Waals surface area contributed by atoms with Gasteiger partial charge >= 0.3 is 0 Å². The van der Waals surface area contributed by atoms with Gasteiger partial charge in [-0.25, -0.2) is 4.58 Å². The highest BCUT2D eigenvalue weighted by molar-refractivity contribution is 5.80. The van der Waals surface area contributed by atoms with Crippen LogP contribution in [0.15, 0.2) is 0 Å². The highest BCUT2D eigenvalue weighted by Crippen LogP contribution is 2.28. The van der Waals surface area contributed by atoms with Gasteiger partial charge in [-0.1, -0.05) is 13.8 Å². The number of hydrogen-bond donors (Lipinski definition) is 1. The molecule has 1 saturated heterocycles. The normalized spacial score (nSPS) is 32.0. The van der Waals surface area contributed by atoms with Gasteiger partial charge in [-0.05, 0) is 31.1 Å². The Morgan fingerprint density at radius 1 is 1.27 bits per heavy atom. The number of nitrogens with zero attached hydrogens (tertiary/aromatic N) is 1. The maximum Gasteiger partial charge on any atom is 0.174 e. The van der Waals surface area contributed by atoms with Gasteiger partial charge in [0.15, 0.2) is 24.9 Å². The van der Waals surface area contributed by atoms with E-state index in [2.05, 4.69) is 18.4 Å². The summed E-state index contributed by atoms with van der Waals surface area (Å²) >= 11 is 0. The Labute approximate surface area is 93.0 Å². The molecular weight excluding hydrogens is 186 g/mol. The van der Waals surface area contributed by atoms with Crippen LogP contribution in [0.25, 0.3) is 0 Å². The predicted molar refractivity (Wildman–Crippen MR) is 62.4 cm³/mol. The van der Waals surface area contributed by atoms with E-state index >= 15 is 0 Å². The lowest BCUT2D eigenvalue weighted by Crippen LogP contribution is -2.47. The van der Waals surface area contributed by atoms with Crippen molar-refractivity contribution in [3.8, 4) is 0 Å². The van der Waals surface area contributed by atoms with Crippen LogP contribution in [0.3, 0.4) is 0 Å². The second-order valence-electron chi connectivity index (χ2n) is 5.70. The summed E-state index contributed by atoms with van der Waals surface area (Å²) < 4.78 is 2.39. The molecule has 1 aliphatic carbocycles. The van der Waals surface area contributed by atoms with Crippen LogP contribution >= 0.6 is 0 Å². The van der Waals surface area contributed by atoms with Crippen LogP contribution < -0.4 is 0 Å². The van der Waals surface area contributed by atoms with E-state index in [1.807, 2.05) is 0 Å². The first kappa shape index (κ1) is 11.1. The van der Waals surface area contributed by atoms with Gasteiger partial charge in [-0.3, -0.25) is 0 Å². The fourth-order valence-electron chi connectivity index (χ4n) is 2.94. The maximum absolute atomic E-state index is 9.26. The molecule has 0 aromatic heterocycles. The van der Waals surface area contributed by atoms with E-state index in [1.54, 1.807) is 5.71 Å². The zero-order chi connectivity index (χ0) is 10.8. The smallest absolute Gasteiger partial charge is 0.174 e. The van der Waals surface area contributed by atoms with E-state index in [0.29, 0.717) is 0 Å². The molecule has 2 heteroatoms. The Bertz CT molecular complexity index is 239. The molecule has 2 nitrogen and oxygen atoms in total. The van der Waals surface area contributed by atoms with Crippen molar-refractivity contribution in [1.29, 1.82) is 0 Å². The topological polar surface area (TPSA) is 23.2 Å². The first-order chi connectivity index (χ1) is 7.15. The Balaban J connectivity index is 1.80. The van der Waals surface area contributed by atoms with Gasteiger partial charge in [0.2, 0.25) is 0 Å². The van der Waals surface area contributed by atoms with Crippen LogP contribution in [0.2, 0.25) is 0 Å². The minimum atomic E-state index is -0.0501. The van der Waals surface area contributed by atoms with Crippen LogP contribution in [-0.2, 0) is 0 Å². The standard InChI is InChI=1S/C13H24NO/c1-10(2)7-11-3-5-12(6-4-11)14-8-13(15)9-14/h10-11,13,15H,3-9H2,1-2H3/q+1. The largest absolute Gasteiger partial charge is 0.381 e. The number of aliphatic hydroxyl groups excluding tert-OH is 1. The van der Waals surface area contributed by atoms with Crippen LogP contribution in [0.5, 0.6) is 0 Å². The molecule has 0 bridgehead atoms. The highest BCUT2D eigenvalue weighted by Gasteiger charge is 2.33. The molecule has 86 valence electrons. The molecule has 0 amide bonds. The zero-order valence-electron chi connectivity index (χ0n) is 10.1. The summed E-state index contributed by atoms with van der Waals surface area (Å²) in [5.74, 6) is 1.81. The molecule has 0 aromatic carbocycles. The molecular formula is C13H24NO+. The number of hydrogen-bond acceptors (Lipinski definition) is 1. The molecule has 0 radical (unpaired) electrons. The van der Waals surface area contributed by atoms with Crippen molar-refractivity contribution < 1.29 is 9.68 Å². The number of β-amino-alcohol motifs (C(OH)–C–C–N with tert-alkyl or cyclic N) is 1. The summed E-state index contributed by atoms with van der Waals surface area (Å²) in [6, 6.07) is 0. The van der Waals surface area contributed by atoms with Crippen LogP contribution in [-0.4, -0.2) is 34.6 Å². The first-order valence-electron chi connectivity index (χ1n) is 6.43. The van der Waals surface area contributed by atoms with E-state index in [4.69, 9.17) is 0 Å². The van der Waals surface area contributed by atoms with Crippen molar-refractivity contribution in [2.75, 3.05) is 13.1 Å². The van der Waals surface area contributed by atoms with E-state index < -0.39 is 0 Å². The lowest BCUT2D eigenvalue weighted by atomic mass is 9.82. The fourth-order valence-corrected chi connectivity index (χ4v) is 2.94. The van der Waals surface area contributed by atoms with E-state index in [1.165, 1.54) is 32.1 Å². The minimum absolute atomic E-state index is 0.0501. The first-order valence-corrected chi connectivity index (χ1v) is 6.43. The summed E-state index contributed by atoms with van der Waals surface area (Å²) in [5, 5.41) is 9.26. The summed E-state index contributed by atoms with van der Waals surface area (Å²) in [5.41, 5.74) is 1.61. The Hall–Kier alpha value is -0.370. The third kappa shape index (κ3) is 2.81. The van der Waals surface area contributed by atoms with Gasteiger partial charge in [-0.2, -0.15) is 0 Å². The highest BCUT2D eigenvalue weighted by atomic mass is 16.3. The van der Waals surface area contributed by atoms with Gasteiger partial charge in [0.05, 0.1) is 0 Å². The van der Waals surface area contributed by atoms with Crippen molar-refractivity contribution in [2.24, 2.45) is 11.8 Å². The van der Waals surface area contributed by atoms with Gasteiger partial charge < -0.3 is 5.11 Å². The van der Waals surface area contributed by atoms with Crippen molar-refractivity contribution >= 4 is 5.71 Å². The molecule has 1 heterocycles. The lowest BCUT2D eigenvalue weighted by molar-refractivity contribution is -0.609. The summed E-state index contributed by atoms with van der Waals surface area (Å²) in [6.07, 6.45) is 6.66. The molecule has 0 spiro atoms. The number of aliphatic hydroxyl groups is 1. The van der Waals surface area contributed by atoms with Crippen molar-refractivity contribution in [2.45, 2.75) is 52.1 Å². The van der Waals surface area contributed by atoms with Crippen LogP contribution in [0, 0.1) is 11.8 Å². The monoisotopic (exact) mass is 210 g/mol. The number of rotatable bonds is 2. The van der Waals surface area contributed by atoms with E-state index in [0.717, 1.165) is 24.9 Å². The lowest BCUT2D eigenvalue weighted by Gasteiger charge is -2.27. The molecule has 2 aliphatic rings. The Morgan fingerprint density at radius 3 is 2.33 bits per heavy atom. The Morgan fingerprint density at radius 2 is 1.87 bits per heavy atom. The van der Waals surface area contributed by atoms with Gasteiger partial charge in [0, 0.05) is 12.8 Å². The molecule has 1 N–H and O–H groups in total. The quantitative estimate of drug-likeness (QED) is 0.693. The molecule has 0 unspecified atom stereocenters. The molecule has 1 saturated carbocycles. The minimum Gasteiger partial charge on any atom is -0.381 e. The van der Waals surface area contributed by atoms with Crippen molar-refractivity contribution in [3.05, 3.63) is 0 Å². The molecule has 15 heavy (non-hydrogen) atoms. The summed E-state index contributed by atoms with van der Waals surface area (Å²) in [6.45, 7) is 6.43. The third-order valence-corrected chi connectivity index (χ3v) is 3.80. The molecule has 0 atom stereocenters.